The van der Waals surface area contributed by atoms with Gasteiger partial charge >= 0.3 is 11.9 Å². The van der Waals surface area contributed by atoms with Gasteiger partial charge in [-0.15, -0.1) is 22.7 Å². The predicted octanol–water partition coefficient (Wildman–Crippen LogP) is 7.27. The number of hydrogen-bond acceptors (Lipinski definition) is 17. The molecule has 4 aliphatic heterocycles. The van der Waals surface area contributed by atoms with Crippen molar-refractivity contribution in [1.82, 2.24) is 20.2 Å². The predicted molar refractivity (Wildman–Crippen MR) is 279 cm³/mol. The van der Waals surface area contributed by atoms with Crippen molar-refractivity contribution in [3.63, 3.8) is 0 Å². The Bertz CT molecular complexity index is 2190. The molecule has 0 radical (unpaired) electrons. The molecule has 6 N–H and O–H groups in total. The number of nitrogens with one attached hydrogen (secondary N) is 1. The number of cyclic esters (lactones) is 2. The molecule has 2 aromatic rings. The fraction of sp³-hybridized carbons (Fsp3) is 0.741. The number of hydrogen-bond donors (Lipinski definition) is 6. The molecule has 0 aromatic carbocycles. The van der Waals surface area contributed by atoms with Gasteiger partial charge in [-0.1, -0.05) is 68.2 Å². The van der Waals surface area contributed by atoms with Crippen molar-refractivity contribution in [2.75, 3.05) is 13.2 Å². The zero-order valence-corrected chi connectivity index (χ0v) is 45.9. The second-order valence-electron chi connectivity index (χ2n) is 22.3. The quantitative estimate of drug-likeness (QED) is 0.123. The minimum Gasteiger partial charge on any atom is -0.458 e. The Labute approximate surface area is 431 Å². The first-order chi connectivity index (χ1) is 33.3. The lowest BCUT2D eigenvalue weighted by Gasteiger charge is -2.34. The fourth-order valence-electron chi connectivity index (χ4n) is 10.6. The summed E-state index contributed by atoms with van der Waals surface area (Å²) in [5.74, 6) is -3.00. The molecular formula is C54H86N4O11S2. The molecule has 0 bridgehead atoms. The lowest BCUT2D eigenvalue weighted by molar-refractivity contribution is -0.156. The maximum atomic E-state index is 13.3. The molecule has 17 heteroatoms. The summed E-state index contributed by atoms with van der Waals surface area (Å²) in [6.07, 6.45) is 4.82. The number of aromatic nitrogens is 2. The van der Waals surface area contributed by atoms with Gasteiger partial charge < -0.3 is 40.3 Å². The van der Waals surface area contributed by atoms with E-state index < -0.39 is 71.2 Å². The van der Waals surface area contributed by atoms with Crippen molar-refractivity contribution in [1.29, 1.82) is 0 Å². The lowest BCUT2D eigenvalue weighted by atomic mass is 9.73. The number of ketones is 2. The van der Waals surface area contributed by atoms with Crippen LogP contribution in [0.25, 0.3) is 12.2 Å². The van der Waals surface area contributed by atoms with Gasteiger partial charge in [-0.2, -0.15) is 0 Å². The van der Waals surface area contributed by atoms with Crippen LogP contribution in [0.1, 0.15) is 156 Å². The van der Waals surface area contributed by atoms with Crippen molar-refractivity contribution in [2.45, 2.75) is 208 Å². The van der Waals surface area contributed by atoms with Gasteiger partial charge in [-0.25, -0.2) is 9.97 Å². The lowest BCUT2D eigenvalue weighted by Crippen LogP contribution is -2.45. The van der Waals surface area contributed by atoms with Crippen LogP contribution in [0.4, 0.5) is 0 Å². The summed E-state index contributed by atoms with van der Waals surface area (Å²) in [6, 6.07) is 1.05. The van der Waals surface area contributed by atoms with Crippen molar-refractivity contribution in [2.24, 2.45) is 34.5 Å². The van der Waals surface area contributed by atoms with Crippen molar-refractivity contribution in [3.05, 3.63) is 43.3 Å². The van der Waals surface area contributed by atoms with Gasteiger partial charge in [0.1, 0.15) is 23.8 Å². The van der Waals surface area contributed by atoms with Crippen LogP contribution in [0.2, 0.25) is 0 Å². The van der Waals surface area contributed by atoms with E-state index in [-0.39, 0.29) is 62.4 Å². The number of Topliss-reactive ketones (excluding diaryl/α,β-unsaturated/α-hetero) is 2. The molecule has 0 aliphatic carbocycles. The highest BCUT2D eigenvalue weighted by atomic mass is 32.1. The summed E-state index contributed by atoms with van der Waals surface area (Å²) in [5.41, 5.74) is 1.03. The average molecular weight is 1030 g/mol. The van der Waals surface area contributed by atoms with Crippen LogP contribution in [0.3, 0.4) is 0 Å². The third-order valence-corrected chi connectivity index (χ3v) is 17.5. The van der Waals surface area contributed by atoms with E-state index in [1.807, 2.05) is 64.5 Å². The second-order valence-corrected chi connectivity index (χ2v) is 24.4. The van der Waals surface area contributed by atoms with E-state index in [9.17, 15) is 44.7 Å². The highest BCUT2D eigenvalue weighted by molar-refractivity contribution is 7.09. The molecule has 4 saturated heterocycles. The molecular weight excluding hydrogens is 945 g/mol. The van der Waals surface area contributed by atoms with Crippen LogP contribution in [0.15, 0.2) is 21.9 Å². The van der Waals surface area contributed by atoms with E-state index in [1.54, 1.807) is 64.2 Å². The third kappa shape index (κ3) is 15.6. The van der Waals surface area contributed by atoms with E-state index in [2.05, 4.69) is 20.2 Å². The van der Waals surface area contributed by atoms with E-state index in [4.69, 9.17) is 9.47 Å². The minimum atomic E-state index is -1.24. The molecule has 400 valence electrons. The van der Waals surface area contributed by atoms with Gasteiger partial charge in [0.25, 0.3) is 0 Å². The van der Waals surface area contributed by atoms with Gasteiger partial charge in [0.15, 0.2) is 0 Å². The molecule has 6 rings (SSSR count). The van der Waals surface area contributed by atoms with Gasteiger partial charge in [0.05, 0.1) is 76.1 Å². The number of carbonyl (C=O) groups excluding carboxylic acids is 4. The number of aliphatic hydroxyl groups excluding tert-OH is 5. The molecule has 15 atom stereocenters. The van der Waals surface area contributed by atoms with Crippen LogP contribution < -0.4 is 5.32 Å². The smallest absolute Gasteiger partial charge is 0.309 e. The van der Waals surface area contributed by atoms with Crippen LogP contribution >= 0.6 is 22.7 Å². The molecule has 5 unspecified atom stereocenters. The van der Waals surface area contributed by atoms with E-state index in [0.29, 0.717) is 25.4 Å². The Morgan fingerprint density at radius 3 is 1.56 bits per heavy atom. The molecule has 0 amide bonds. The molecule has 2 aromatic heterocycles. The van der Waals surface area contributed by atoms with Crippen LogP contribution in [0.5, 0.6) is 0 Å². The first kappa shape index (κ1) is 58.6. The molecule has 71 heavy (non-hydrogen) atoms. The molecule has 4 aliphatic rings. The maximum absolute atomic E-state index is 13.3. The summed E-state index contributed by atoms with van der Waals surface area (Å²) in [5, 5.41) is 62.4. The number of β-amino-alcohol motifs (C(OH)–C–C–N with tert-alkyl or cyclic N) is 1. The summed E-state index contributed by atoms with van der Waals surface area (Å²) < 4.78 is 11.8. The number of aryl methyl sites for hydroxylation is 2. The number of rotatable bonds is 6. The van der Waals surface area contributed by atoms with Gasteiger partial charge in [-0.3, -0.25) is 24.1 Å². The van der Waals surface area contributed by atoms with E-state index in [0.717, 1.165) is 71.1 Å². The number of fused-ring (bicyclic) bond motifs is 2. The van der Waals surface area contributed by atoms with Gasteiger partial charge in [0.2, 0.25) is 0 Å². The van der Waals surface area contributed by atoms with Crippen LogP contribution in [-0.4, -0.2) is 138 Å². The average Bonchev–Trinajstić information content (AvgIpc) is 4.08. The summed E-state index contributed by atoms with van der Waals surface area (Å²) in [7, 11) is 0. The number of carbonyl (C=O) groups is 4. The SMILES string of the molecule is C/C(=C\c1csc(C)n1)C1CC2N[C@@H]2CCC[C@H](C)[C@H](O)[C@@H](C)C(=O)C(C)(C)[C@@H](O)CC(=O)O1.C/C(=C\c1csc(C)n1)C1CC2[C@@H](CCC[C@H](C)[C@H](O)[C@@H](C)C(=O)C(C)(C)[C@@H](O)CC(=O)O1)N2CCO.[2HH]. The first-order valence-electron chi connectivity index (χ1n) is 25.8. The van der Waals surface area contributed by atoms with Crippen molar-refractivity contribution < 1.29 is 55.6 Å². The number of nitrogens with zero attached hydrogens (tertiary/aromatic N) is 3. The molecule has 0 saturated carbocycles. The van der Waals surface area contributed by atoms with E-state index in [1.165, 1.54) is 0 Å². The highest BCUT2D eigenvalue weighted by Gasteiger charge is 2.49. The number of thiazole rings is 2. The Kier molecular flexibility index (Phi) is 20.9. The van der Waals surface area contributed by atoms with Gasteiger partial charge in [-0.05, 0) is 88.5 Å². The van der Waals surface area contributed by atoms with Gasteiger partial charge in [0, 0.05) is 67.6 Å². The Morgan fingerprint density at radius 1 is 0.704 bits per heavy atom. The number of aliphatic hydroxyl groups is 5. The fourth-order valence-corrected chi connectivity index (χ4v) is 11.7. The zero-order chi connectivity index (χ0) is 52.7. The summed E-state index contributed by atoms with van der Waals surface area (Å²) in [4.78, 5) is 63.6. The standard InChI is InChI=1S/C28H44N2O6S.C26H40N2O5S.H2/c1-16-8-7-9-21-22(30(21)10-11-31)13-23(17(2)12-20-15-37-19(4)29-20)36-25(33)14-24(32)28(5,6)27(35)18(3)26(16)34;1-14-8-7-9-19-20(28-19)11-21(15(2)10-18-13-34-17(4)27-18)33-23(30)12-22(29)26(5,6)25(32)16(3)24(14)31;/h12,15-16,18,21-24,26,31-32,34H,7-11,13-14H2,1-6H3;10,13-14,16,19-22,24,28-29,31H,7-9,11-12H2,1-6H3;1H/b17-12+;15-10+;/t16-,18+,21+,22?,23?,24-,26-,30?;14-,16+,19+,20?,21?,22-,24-;/m00./s1/i;;1+1. The Hall–Kier alpha value is -3.26. The normalized spacial score (nSPS) is 36.0. The van der Waals surface area contributed by atoms with Crippen LogP contribution in [0, 0.1) is 48.3 Å². The van der Waals surface area contributed by atoms with Crippen LogP contribution in [-0.2, 0) is 28.7 Å². The van der Waals surface area contributed by atoms with Crippen molar-refractivity contribution >= 4 is 58.3 Å². The Morgan fingerprint density at radius 2 is 1.14 bits per heavy atom. The second kappa shape index (κ2) is 25.3. The topological polar surface area (TPSA) is 239 Å². The first-order valence-corrected chi connectivity index (χ1v) is 27.6. The van der Waals surface area contributed by atoms with E-state index >= 15 is 0 Å². The molecule has 6 heterocycles. The number of ether oxygens (including phenoxy) is 2. The molecule has 4 fully saturated rings. The molecule has 0 spiro atoms. The summed E-state index contributed by atoms with van der Waals surface area (Å²) >= 11 is 3.13. The third-order valence-electron chi connectivity index (χ3n) is 15.9. The largest absolute Gasteiger partial charge is 0.458 e. The van der Waals surface area contributed by atoms with Crippen molar-refractivity contribution in [3.8, 4) is 0 Å². The maximum Gasteiger partial charge on any atom is 0.309 e. The number of esters is 2. The Balaban J connectivity index is 0.000000309. The minimum absolute atomic E-state index is 0. The highest BCUT2D eigenvalue weighted by Crippen LogP contribution is 2.40. The molecule has 15 nitrogen and oxygen atoms in total. The zero-order valence-electron chi connectivity index (χ0n) is 44.2. The summed E-state index contributed by atoms with van der Waals surface area (Å²) in [6.45, 7) is 22.2. The monoisotopic (exact) mass is 1030 g/mol.